The van der Waals surface area contributed by atoms with Crippen LogP contribution in [0.3, 0.4) is 0 Å². The summed E-state index contributed by atoms with van der Waals surface area (Å²) in [6, 6.07) is 10.5. The van der Waals surface area contributed by atoms with Gasteiger partial charge in [-0.15, -0.1) is 24.0 Å². The summed E-state index contributed by atoms with van der Waals surface area (Å²) in [5.41, 5.74) is 1.38. The fraction of sp³-hybridized carbons (Fsp3) is 0.438. The molecule has 1 aromatic carbocycles. The van der Waals surface area contributed by atoms with Gasteiger partial charge in [-0.3, -0.25) is 9.67 Å². The van der Waals surface area contributed by atoms with Gasteiger partial charge in [-0.05, 0) is 24.8 Å². The highest BCUT2D eigenvalue weighted by molar-refractivity contribution is 14.0. The number of rotatable bonds is 8. The Morgan fingerprint density at radius 3 is 2.52 bits per heavy atom. The summed E-state index contributed by atoms with van der Waals surface area (Å²) in [5, 5.41) is 10.7. The van der Waals surface area contributed by atoms with E-state index >= 15 is 0 Å². The highest BCUT2D eigenvalue weighted by atomic mass is 127. The number of hydrogen-bond donors (Lipinski definition) is 2. The second-order valence-electron chi connectivity index (χ2n) is 5.03. The Bertz CT molecular complexity index is 541. The first-order chi connectivity index (χ1) is 10.9. The second-order valence-corrected chi connectivity index (χ2v) is 5.03. The van der Waals surface area contributed by atoms with E-state index in [0.717, 1.165) is 44.9 Å². The quantitative estimate of drug-likeness (QED) is 0.293. The van der Waals surface area contributed by atoms with Crippen molar-refractivity contribution in [2.75, 3.05) is 20.1 Å². The standard InChI is InChI=1S/C16H24N6.HI/c1-17-16(20-11-6-12-22-14-18-13-21-22)19-10-5-9-15-7-3-2-4-8-15;/h2-4,7-8,13-14H,5-6,9-12H2,1H3,(H2,17,19,20);1H. The molecule has 0 radical (unpaired) electrons. The summed E-state index contributed by atoms with van der Waals surface area (Å²) in [6.45, 7) is 2.63. The van der Waals surface area contributed by atoms with Crippen molar-refractivity contribution in [3.8, 4) is 0 Å². The molecule has 0 bridgehead atoms. The average molecular weight is 428 g/mol. The van der Waals surface area contributed by atoms with E-state index in [1.807, 2.05) is 10.7 Å². The summed E-state index contributed by atoms with van der Waals surface area (Å²) in [6.07, 6.45) is 6.44. The fourth-order valence-electron chi connectivity index (χ4n) is 2.16. The van der Waals surface area contributed by atoms with E-state index in [1.165, 1.54) is 5.56 Å². The Morgan fingerprint density at radius 2 is 1.87 bits per heavy atom. The molecule has 2 rings (SSSR count). The maximum atomic E-state index is 4.23. The SMILES string of the molecule is CN=C(NCCCc1ccccc1)NCCCn1cncn1.I. The van der Waals surface area contributed by atoms with E-state index in [9.17, 15) is 0 Å². The number of benzene rings is 1. The van der Waals surface area contributed by atoms with Gasteiger partial charge in [0.15, 0.2) is 5.96 Å². The molecule has 23 heavy (non-hydrogen) atoms. The van der Waals surface area contributed by atoms with Crippen LogP contribution in [0.15, 0.2) is 48.0 Å². The molecule has 126 valence electrons. The summed E-state index contributed by atoms with van der Waals surface area (Å²) in [5.74, 6) is 0.853. The van der Waals surface area contributed by atoms with Crippen molar-refractivity contribution in [1.29, 1.82) is 0 Å². The van der Waals surface area contributed by atoms with Crippen molar-refractivity contribution in [3.05, 3.63) is 48.5 Å². The number of aryl methyl sites for hydroxylation is 2. The van der Waals surface area contributed by atoms with Crippen LogP contribution in [0.5, 0.6) is 0 Å². The zero-order chi connectivity index (χ0) is 15.5. The first-order valence-electron chi connectivity index (χ1n) is 7.69. The van der Waals surface area contributed by atoms with E-state index in [0.29, 0.717) is 0 Å². The number of nitrogens with zero attached hydrogens (tertiary/aromatic N) is 4. The fourth-order valence-corrected chi connectivity index (χ4v) is 2.16. The van der Waals surface area contributed by atoms with E-state index in [2.05, 4.69) is 50.0 Å². The lowest BCUT2D eigenvalue weighted by Gasteiger charge is -2.11. The number of nitrogens with one attached hydrogen (secondary N) is 2. The Hall–Kier alpha value is -1.64. The molecular formula is C16H25IN6. The molecule has 0 aliphatic carbocycles. The van der Waals surface area contributed by atoms with Gasteiger partial charge in [-0.25, -0.2) is 4.98 Å². The molecule has 0 saturated carbocycles. The minimum Gasteiger partial charge on any atom is -0.356 e. The lowest BCUT2D eigenvalue weighted by molar-refractivity contribution is 0.568. The van der Waals surface area contributed by atoms with Crippen LogP contribution in [0, 0.1) is 0 Å². The third kappa shape index (κ3) is 7.96. The Morgan fingerprint density at radius 1 is 1.13 bits per heavy atom. The molecular weight excluding hydrogens is 403 g/mol. The van der Waals surface area contributed by atoms with E-state index in [4.69, 9.17) is 0 Å². The number of aliphatic imine (C=N–C) groups is 1. The summed E-state index contributed by atoms with van der Waals surface area (Å²) in [7, 11) is 1.80. The van der Waals surface area contributed by atoms with Crippen LogP contribution in [0.1, 0.15) is 18.4 Å². The minimum atomic E-state index is 0. The molecule has 0 atom stereocenters. The highest BCUT2D eigenvalue weighted by Crippen LogP contribution is 2.01. The van der Waals surface area contributed by atoms with Crippen LogP contribution in [0.2, 0.25) is 0 Å². The molecule has 2 aromatic rings. The van der Waals surface area contributed by atoms with Gasteiger partial charge in [0.2, 0.25) is 0 Å². The van der Waals surface area contributed by atoms with Gasteiger partial charge in [0.05, 0.1) is 0 Å². The van der Waals surface area contributed by atoms with E-state index in [-0.39, 0.29) is 24.0 Å². The van der Waals surface area contributed by atoms with Gasteiger partial charge < -0.3 is 10.6 Å². The van der Waals surface area contributed by atoms with Gasteiger partial charge in [-0.2, -0.15) is 5.10 Å². The molecule has 0 aliphatic heterocycles. The van der Waals surface area contributed by atoms with Crippen molar-refractivity contribution >= 4 is 29.9 Å². The number of halogens is 1. The smallest absolute Gasteiger partial charge is 0.190 e. The normalized spacial score (nSPS) is 10.9. The maximum absolute atomic E-state index is 4.23. The number of guanidine groups is 1. The maximum Gasteiger partial charge on any atom is 0.190 e. The molecule has 0 fully saturated rings. The molecule has 0 spiro atoms. The molecule has 0 aliphatic rings. The lowest BCUT2D eigenvalue weighted by Crippen LogP contribution is -2.38. The Labute approximate surface area is 154 Å². The lowest BCUT2D eigenvalue weighted by atomic mass is 10.1. The van der Waals surface area contributed by atoms with Crippen LogP contribution >= 0.6 is 24.0 Å². The monoisotopic (exact) mass is 428 g/mol. The Balaban J connectivity index is 0.00000264. The molecule has 7 heteroatoms. The molecule has 1 aromatic heterocycles. The van der Waals surface area contributed by atoms with Gasteiger partial charge in [-0.1, -0.05) is 30.3 Å². The van der Waals surface area contributed by atoms with E-state index in [1.54, 1.807) is 19.7 Å². The molecule has 0 unspecified atom stereocenters. The van der Waals surface area contributed by atoms with Gasteiger partial charge in [0.25, 0.3) is 0 Å². The van der Waals surface area contributed by atoms with Gasteiger partial charge >= 0.3 is 0 Å². The van der Waals surface area contributed by atoms with Crippen molar-refractivity contribution in [2.45, 2.75) is 25.8 Å². The van der Waals surface area contributed by atoms with Gasteiger partial charge in [0, 0.05) is 26.7 Å². The third-order valence-corrected chi connectivity index (χ3v) is 3.32. The van der Waals surface area contributed by atoms with Crippen molar-refractivity contribution in [1.82, 2.24) is 25.4 Å². The number of hydrogen-bond acceptors (Lipinski definition) is 3. The first kappa shape index (κ1) is 19.4. The number of aromatic nitrogens is 3. The van der Waals surface area contributed by atoms with Crippen LogP contribution in [0.4, 0.5) is 0 Å². The van der Waals surface area contributed by atoms with Crippen LogP contribution in [-0.4, -0.2) is 40.9 Å². The topological polar surface area (TPSA) is 67.1 Å². The second kappa shape index (κ2) is 11.9. The Kier molecular flexibility index (Phi) is 10.0. The summed E-state index contributed by atoms with van der Waals surface area (Å²) >= 11 is 0. The zero-order valence-corrected chi connectivity index (χ0v) is 15.8. The van der Waals surface area contributed by atoms with Crippen molar-refractivity contribution in [3.63, 3.8) is 0 Å². The molecule has 2 N–H and O–H groups in total. The summed E-state index contributed by atoms with van der Waals surface area (Å²) in [4.78, 5) is 8.15. The van der Waals surface area contributed by atoms with Crippen LogP contribution in [0.25, 0.3) is 0 Å². The predicted octanol–water partition coefficient (Wildman–Crippen LogP) is 2.08. The van der Waals surface area contributed by atoms with Crippen LogP contribution < -0.4 is 10.6 Å². The van der Waals surface area contributed by atoms with Crippen molar-refractivity contribution < 1.29 is 0 Å². The minimum absolute atomic E-state index is 0. The first-order valence-corrected chi connectivity index (χ1v) is 7.69. The zero-order valence-electron chi connectivity index (χ0n) is 13.5. The predicted molar refractivity (Wildman–Crippen MR) is 104 cm³/mol. The van der Waals surface area contributed by atoms with E-state index < -0.39 is 0 Å². The molecule has 6 nitrogen and oxygen atoms in total. The molecule has 0 saturated heterocycles. The average Bonchev–Trinajstić information content (AvgIpc) is 3.08. The highest BCUT2D eigenvalue weighted by Gasteiger charge is 1.98. The largest absolute Gasteiger partial charge is 0.356 e. The summed E-state index contributed by atoms with van der Waals surface area (Å²) < 4.78 is 1.83. The van der Waals surface area contributed by atoms with Gasteiger partial charge in [0.1, 0.15) is 12.7 Å². The van der Waals surface area contributed by atoms with Crippen LogP contribution in [-0.2, 0) is 13.0 Å². The molecule has 0 amide bonds. The third-order valence-electron chi connectivity index (χ3n) is 3.32. The molecule has 1 heterocycles. The van der Waals surface area contributed by atoms with Crippen molar-refractivity contribution in [2.24, 2.45) is 4.99 Å².